The standard InChI is InChI=1S/C15H12FN3O4S/c16-11-3-7-13(8-4-11)24-9-14(20)17-18-15(21)10-1-5-12(6-2-10)19(22)23/h1-8H,9H2,(H,17,20)(H,18,21). The fraction of sp³-hybridized carbons (Fsp3) is 0.0667. The Hall–Kier alpha value is -2.94. The molecule has 0 radical (unpaired) electrons. The van der Waals surface area contributed by atoms with Crippen LogP contribution in [0.1, 0.15) is 10.4 Å². The molecule has 0 atom stereocenters. The minimum absolute atomic E-state index is 0.0339. The number of halogens is 1. The lowest BCUT2D eigenvalue weighted by molar-refractivity contribution is -0.384. The van der Waals surface area contributed by atoms with Crippen LogP contribution in [-0.2, 0) is 4.79 Å². The van der Waals surface area contributed by atoms with Gasteiger partial charge in [-0.25, -0.2) is 4.39 Å². The van der Waals surface area contributed by atoms with Gasteiger partial charge >= 0.3 is 0 Å². The maximum atomic E-state index is 12.8. The fourth-order valence-electron chi connectivity index (χ4n) is 1.65. The summed E-state index contributed by atoms with van der Waals surface area (Å²) < 4.78 is 12.8. The largest absolute Gasteiger partial charge is 0.272 e. The Morgan fingerprint density at radius 2 is 1.67 bits per heavy atom. The number of nitrogens with one attached hydrogen (secondary N) is 2. The van der Waals surface area contributed by atoms with Crippen LogP contribution in [0, 0.1) is 15.9 Å². The van der Waals surface area contributed by atoms with Crippen molar-refractivity contribution in [3.05, 3.63) is 70.0 Å². The number of hydrazine groups is 1. The van der Waals surface area contributed by atoms with E-state index in [2.05, 4.69) is 10.9 Å². The van der Waals surface area contributed by atoms with Crippen LogP contribution >= 0.6 is 11.8 Å². The van der Waals surface area contributed by atoms with Crippen molar-refractivity contribution >= 4 is 29.3 Å². The first kappa shape index (κ1) is 17.4. The molecule has 0 saturated heterocycles. The Labute approximate surface area is 140 Å². The minimum atomic E-state index is -0.593. The molecule has 0 aromatic heterocycles. The highest BCUT2D eigenvalue weighted by Gasteiger charge is 2.10. The van der Waals surface area contributed by atoms with Gasteiger partial charge in [-0.2, -0.15) is 0 Å². The predicted octanol–water partition coefficient (Wildman–Crippen LogP) is 2.29. The summed E-state index contributed by atoms with van der Waals surface area (Å²) in [5.74, 6) is -1.37. The number of carbonyl (C=O) groups is 2. The van der Waals surface area contributed by atoms with Gasteiger partial charge in [0.05, 0.1) is 10.7 Å². The summed E-state index contributed by atoms with van der Waals surface area (Å²) in [5.41, 5.74) is 4.48. The number of benzene rings is 2. The molecule has 0 aliphatic heterocycles. The summed E-state index contributed by atoms with van der Waals surface area (Å²) >= 11 is 1.18. The summed E-state index contributed by atoms with van der Waals surface area (Å²) in [5, 5.41) is 10.5. The van der Waals surface area contributed by atoms with Gasteiger partial charge in [0.15, 0.2) is 0 Å². The van der Waals surface area contributed by atoms with Gasteiger partial charge in [-0.15, -0.1) is 11.8 Å². The molecule has 2 N–H and O–H groups in total. The molecule has 2 rings (SSSR count). The van der Waals surface area contributed by atoms with E-state index in [1.807, 2.05) is 0 Å². The Morgan fingerprint density at radius 3 is 2.25 bits per heavy atom. The van der Waals surface area contributed by atoms with Crippen molar-refractivity contribution in [3.63, 3.8) is 0 Å². The van der Waals surface area contributed by atoms with Gasteiger partial charge in [0, 0.05) is 22.6 Å². The monoisotopic (exact) mass is 349 g/mol. The Morgan fingerprint density at radius 1 is 1.04 bits per heavy atom. The van der Waals surface area contributed by atoms with E-state index in [4.69, 9.17) is 0 Å². The maximum Gasteiger partial charge on any atom is 0.269 e. The third kappa shape index (κ3) is 5.06. The van der Waals surface area contributed by atoms with E-state index in [-0.39, 0.29) is 22.8 Å². The third-order valence-corrected chi connectivity index (χ3v) is 3.85. The molecule has 2 amide bonds. The quantitative estimate of drug-likeness (QED) is 0.490. The lowest BCUT2D eigenvalue weighted by Crippen LogP contribution is -2.42. The summed E-state index contributed by atoms with van der Waals surface area (Å²) in [6.45, 7) is 0. The van der Waals surface area contributed by atoms with Crippen LogP contribution < -0.4 is 10.9 Å². The number of hydrogen-bond donors (Lipinski definition) is 2. The summed E-state index contributed by atoms with van der Waals surface area (Å²) in [7, 11) is 0. The van der Waals surface area contributed by atoms with E-state index < -0.39 is 16.7 Å². The number of nitro benzene ring substituents is 1. The number of nitro groups is 1. The van der Waals surface area contributed by atoms with Crippen molar-refractivity contribution in [2.24, 2.45) is 0 Å². The molecule has 0 bridgehead atoms. The van der Waals surface area contributed by atoms with Crippen molar-refractivity contribution in [3.8, 4) is 0 Å². The Kier molecular flexibility index (Phi) is 5.85. The van der Waals surface area contributed by atoms with Crippen molar-refractivity contribution in [1.29, 1.82) is 0 Å². The van der Waals surface area contributed by atoms with Gasteiger partial charge in [-0.1, -0.05) is 0 Å². The predicted molar refractivity (Wildman–Crippen MR) is 85.8 cm³/mol. The molecule has 7 nitrogen and oxygen atoms in total. The number of amides is 2. The molecule has 0 spiro atoms. The normalized spacial score (nSPS) is 10.0. The molecule has 0 fully saturated rings. The molecular formula is C15H12FN3O4S. The first-order chi connectivity index (χ1) is 11.5. The van der Waals surface area contributed by atoms with Crippen LogP contribution in [0.25, 0.3) is 0 Å². The average molecular weight is 349 g/mol. The van der Waals surface area contributed by atoms with Gasteiger partial charge in [0.25, 0.3) is 11.6 Å². The zero-order valence-electron chi connectivity index (χ0n) is 12.2. The lowest BCUT2D eigenvalue weighted by Gasteiger charge is -2.07. The summed E-state index contributed by atoms with van der Waals surface area (Å²) in [4.78, 5) is 34.1. The maximum absolute atomic E-state index is 12.8. The van der Waals surface area contributed by atoms with Crippen LogP contribution in [0.2, 0.25) is 0 Å². The molecule has 24 heavy (non-hydrogen) atoms. The smallest absolute Gasteiger partial charge is 0.269 e. The van der Waals surface area contributed by atoms with Crippen molar-refractivity contribution in [1.82, 2.24) is 10.9 Å². The molecule has 2 aromatic rings. The number of non-ortho nitro benzene ring substituents is 1. The highest BCUT2D eigenvalue weighted by atomic mass is 32.2. The summed E-state index contributed by atoms with van der Waals surface area (Å²) in [6.07, 6.45) is 0. The fourth-order valence-corrected chi connectivity index (χ4v) is 2.35. The van der Waals surface area contributed by atoms with Crippen molar-refractivity contribution in [2.75, 3.05) is 5.75 Å². The molecular weight excluding hydrogens is 337 g/mol. The van der Waals surface area contributed by atoms with Crippen LogP contribution in [0.15, 0.2) is 53.4 Å². The van der Waals surface area contributed by atoms with E-state index >= 15 is 0 Å². The van der Waals surface area contributed by atoms with Gasteiger partial charge in [0.2, 0.25) is 5.91 Å². The van der Waals surface area contributed by atoms with E-state index in [9.17, 15) is 24.1 Å². The zero-order chi connectivity index (χ0) is 17.5. The van der Waals surface area contributed by atoms with Crippen molar-refractivity contribution < 1.29 is 18.9 Å². The van der Waals surface area contributed by atoms with Crippen LogP contribution in [-0.4, -0.2) is 22.5 Å². The molecule has 2 aromatic carbocycles. The second kappa shape index (κ2) is 8.06. The van der Waals surface area contributed by atoms with E-state index in [1.165, 1.54) is 48.2 Å². The van der Waals surface area contributed by atoms with Crippen LogP contribution in [0.4, 0.5) is 10.1 Å². The van der Waals surface area contributed by atoms with E-state index in [0.29, 0.717) is 4.90 Å². The summed E-state index contributed by atoms with van der Waals surface area (Å²) in [6, 6.07) is 10.6. The van der Waals surface area contributed by atoms with Gasteiger partial charge in [0.1, 0.15) is 5.82 Å². The van der Waals surface area contributed by atoms with Crippen LogP contribution in [0.3, 0.4) is 0 Å². The molecule has 0 saturated carbocycles. The molecule has 0 heterocycles. The van der Waals surface area contributed by atoms with Gasteiger partial charge in [-0.3, -0.25) is 30.6 Å². The SMILES string of the molecule is O=C(CSc1ccc(F)cc1)NNC(=O)c1ccc([N+](=O)[O-])cc1. The molecule has 9 heteroatoms. The first-order valence-corrected chi connectivity index (χ1v) is 7.66. The van der Waals surface area contributed by atoms with E-state index in [1.54, 1.807) is 12.1 Å². The number of rotatable bonds is 5. The minimum Gasteiger partial charge on any atom is -0.272 e. The van der Waals surface area contributed by atoms with Crippen LogP contribution in [0.5, 0.6) is 0 Å². The number of nitrogens with zero attached hydrogens (tertiary/aromatic N) is 1. The highest BCUT2D eigenvalue weighted by molar-refractivity contribution is 8.00. The van der Waals surface area contributed by atoms with E-state index in [0.717, 1.165) is 0 Å². The first-order valence-electron chi connectivity index (χ1n) is 6.68. The second-order valence-corrected chi connectivity index (χ2v) is 5.60. The number of thioether (sulfide) groups is 1. The zero-order valence-corrected chi connectivity index (χ0v) is 13.0. The number of hydrogen-bond acceptors (Lipinski definition) is 5. The van der Waals surface area contributed by atoms with Gasteiger partial charge < -0.3 is 0 Å². The Balaban J connectivity index is 1.79. The Bertz CT molecular complexity index is 750. The molecule has 124 valence electrons. The second-order valence-electron chi connectivity index (χ2n) is 4.55. The lowest BCUT2D eigenvalue weighted by atomic mass is 10.2. The topological polar surface area (TPSA) is 101 Å². The van der Waals surface area contributed by atoms with Crippen molar-refractivity contribution in [2.45, 2.75) is 4.90 Å². The number of carbonyl (C=O) groups excluding carboxylic acids is 2. The third-order valence-electron chi connectivity index (χ3n) is 2.84. The molecule has 0 aliphatic rings. The highest BCUT2D eigenvalue weighted by Crippen LogP contribution is 2.17. The molecule has 0 unspecified atom stereocenters. The van der Waals surface area contributed by atoms with Gasteiger partial charge in [-0.05, 0) is 36.4 Å². The molecule has 0 aliphatic carbocycles. The average Bonchev–Trinajstić information content (AvgIpc) is 2.59.